The monoisotopic (exact) mass is 611 g/mol. The van der Waals surface area contributed by atoms with Crippen LogP contribution in [0.3, 0.4) is 0 Å². The molecule has 0 spiro atoms. The van der Waals surface area contributed by atoms with Crippen molar-refractivity contribution in [1.29, 1.82) is 0 Å². The Morgan fingerprint density at radius 1 is 1.00 bits per heavy atom. The summed E-state index contributed by atoms with van der Waals surface area (Å²) in [6.45, 7) is 4.33. The van der Waals surface area contributed by atoms with Gasteiger partial charge in [-0.15, -0.1) is 11.6 Å². The van der Waals surface area contributed by atoms with Crippen LogP contribution in [0.4, 0.5) is 8.78 Å². The van der Waals surface area contributed by atoms with E-state index in [1.807, 2.05) is 12.1 Å². The number of alkyl halides is 1. The van der Waals surface area contributed by atoms with Crippen molar-refractivity contribution in [3.05, 3.63) is 114 Å². The fourth-order valence-electron chi connectivity index (χ4n) is 5.23. The van der Waals surface area contributed by atoms with Crippen molar-refractivity contribution in [3.63, 3.8) is 0 Å². The lowest BCUT2D eigenvalue weighted by molar-refractivity contribution is 0.0821. The van der Waals surface area contributed by atoms with Crippen molar-refractivity contribution >= 4 is 11.6 Å². The van der Waals surface area contributed by atoms with Gasteiger partial charge in [-0.05, 0) is 68.1 Å². The molecular weight excluding hydrogens is 572 g/mol. The fourth-order valence-corrected chi connectivity index (χ4v) is 5.63. The number of halogens is 3. The number of para-hydroxylation sites is 3. The summed E-state index contributed by atoms with van der Waals surface area (Å²) in [6.07, 6.45) is 7.14. The van der Waals surface area contributed by atoms with E-state index in [0.29, 0.717) is 17.4 Å². The molecule has 5 rings (SSSR count). The first-order chi connectivity index (χ1) is 20.9. The molecule has 0 radical (unpaired) electrons. The van der Waals surface area contributed by atoms with E-state index >= 15 is 4.39 Å². The van der Waals surface area contributed by atoms with E-state index in [1.54, 1.807) is 54.6 Å². The van der Waals surface area contributed by atoms with Gasteiger partial charge in [-0.3, -0.25) is 0 Å². The Balaban J connectivity index is 0.000000296. The predicted octanol–water partition coefficient (Wildman–Crippen LogP) is 8.43. The standard InChI is InChI=1S/C25H19ClF2O3.C10H21NO/c1-29-19-15-22(28)24(31-18-11-6-3-7-12-18)25(26,16-19)20-13-8-14-21(27)23(20)30-17-9-4-2-5-10-17;1-2-3-6-10(12)9-5-4-7-11-8-9/h2-16,24H,1H3;9-12H,2-8H2,1H3/t;9-,10?/m.1/s1. The molecule has 2 N–H and O–H groups in total. The zero-order valence-electron chi connectivity index (χ0n) is 24.6. The maximum absolute atomic E-state index is 15.2. The van der Waals surface area contributed by atoms with Crippen molar-refractivity contribution in [1.82, 2.24) is 5.32 Å². The van der Waals surface area contributed by atoms with E-state index in [0.717, 1.165) is 25.9 Å². The topological polar surface area (TPSA) is 60.0 Å². The number of hydrogen-bond donors (Lipinski definition) is 2. The molecule has 1 fully saturated rings. The molecular formula is C35H40ClF2NO4. The van der Waals surface area contributed by atoms with Gasteiger partial charge in [0, 0.05) is 18.2 Å². The average Bonchev–Trinajstić information content (AvgIpc) is 3.04. The largest absolute Gasteiger partial charge is 0.497 e. The maximum Gasteiger partial charge on any atom is 0.177 e. The molecule has 1 aliphatic heterocycles. The Morgan fingerprint density at radius 2 is 1.70 bits per heavy atom. The molecule has 0 saturated carbocycles. The molecule has 0 aromatic heterocycles. The van der Waals surface area contributed by atoms with Gasteiger partial charge >= 0.3 is 0 Å². The summed E-state index contributed by atoms with van der Waals surface area (Å²) in [6, 6.07) is 21.8. The van der Waals surface area contributed by atoms with Crippen molar-refractivity contribution in [2.75, 3.05) is 20.2 Å². The van der Waals surface area contributed by atoms with Crippen molar-refractivity contribution < 1.29 is 28.1 Å². The van der Waals surface area contributed by atoms with E-state index in [-0.39, 0.29) is 23.2 Å². The van der Waals surface area contributed by atoms with Crippen LogP contribution in [-0.2, 0) is 9.61 Å². The van der Waals surface area contributed by atoms with Gasteiger partial charge in [-0.1, -0.05) is 68.3 Å². The number of benzene rings is 3. The molecule has 1 saturated heterocycles. The molecule has 1 heterocycles. The Kier molecular flexibility index (Phi) is 12.0. The summed E-state index contributed by atoms with van der Waals surface area (Å²) in [4.78, 5) is -1.65. The van der Waals surface area contributed by atoms with Crippen LogP contribution >= 0.6 is 11.6 Å². The van der Waals surface area contributed by atoms with Crippen molar-refractivity contribution in [2.24, 2.45) is 5.92 Å². The molecule has 3 aromatic carbocycles. The molecule has 5 nitrogen and oxygen atoms in total. The lowest BCUT2D eigenvalue weighted by Crippen LogP contribution is -2.40. The number of unbranched alkanes of at least 4 members (excludes halogenated alkanes) is 1. The van der Waals surface area contributed by atoms with Gasteiger partial charge in [0.15, 0.2) is 17.7 Å². The van der Waals surface area contributed by atoms with Crippen molar-refractivity contribution in [3.8, 4) is 17.2 Å². The highest BCUT2D eigenvalue weighted by Gasteiger charge is 2.47. The summed E-state index contributed by atoms with van der Waals surface area (Å²) in [5.41, 5.74) is 0.205. The number of methoxy groups -OCH3 is 1. The number of aliphatic hydroxyl groups excluding tert-OH is 1. The minimum Gasteiger partial charge on any atom is -0.497 e. The number of nitrogens with one attached hydrogen (secondary N) is 1. The smallest absolute Gasteiger partial charge is 0.177 e. The van der Waals surface area contributed by atoms with Gasteiger partial charge in [-0.25, -0.2) is 8.78 Å². The third-order valence-electron chi connectivity index (χ3n) is 7.57. The molecule has 0 amide bonds. The van der Waals surface area contributed by atoms with Gasteiger partial charge in [0.1, 0.15) is 28.0 Å². The van der Waals surface area contributed by atoms with Crippen molar-refractivity contribution in [2.45, 2.75) is 56.1 Å². The first-order valence-corrected chi connectivity index (χ1v) is 15.2. The zero-order valence-corrected chi connectivity index (χ0v) is 25.4. The van der Waals surface area contributed by atoms with Crippen LogP contribution in [0.15, 0.2) is 103 Å². The van der Waals surface area contributed by atoms with Gasteiger partial charge in [0.05, 0.1) is 13.2 Å². The molecule has 4 atom stereocenters. The van der Waals surface area contributed by atoms with Crippen LogP contribution in [-0.4, -0.2) is 37.5 Å². The Hall–Kier alpha value is -3.39. The summed E-state index contributed by atoms with van der Waals surface area (Å²) in [5, 5.41) is 13.1. The molecule has 0 bridgehead atoms. The first-order valence-electron chi connectivity index (χ1n) is 14.8. The second-order valence-corrected chi connectivity index (χ2v) is 11.3. The molecule has 3 aromatic rings. The third kappa shape index (κ3) is 8.59. The predicted molar refractivity (Wildman–Crippen MR) is 167 cm³/mol. The minimum atomic E-state index is -1.65. The average molecular weight is 612 g/mol. The van der Waals surface area contributed by atoms with Gasteiger partial charge in [-0.2, -0.15) is 0 Å². The molecule has 1 aliphatic carbocycles. The highest BCUT2D eigenvalue weighted by Crippen LogP contribution is 2.48. The SMILES string of the molecule is CCCCC(O)[C@@H]1CCCNC1.COC1=CC(Cl)(c2cccc(F)c2Oc2ccccc2)C(Oc2ccccc2)C(F)=C1. The highest BCUT2D eigenvalue weighted by atomic mass is 35.5. The fraction of sp³-hybridized carbons (Fsp3) is 0.371. The van der Waals surface area contributed by atoms with E-state index < -0.39 is 22.6 Å². The van der Waals surface area contributed by atoms with Crippen LogP contribution in [0.2, 0.25) is 0 Å². The number of ether oxygens (including phenoxy) is 3. The number of allylic oxidation sites excluding steroid dienone is 1. The van der Waals surface area contributed by atoms with E-state index in [4.69, 9.17) is 25.8 Å². The van der Waals surface area contributed by atoms with E-state index in [2.05, 4.69) is 12.2 Å². The van der Waals surface area contributed by atoms with Gasteiger partial charge < -0.3 is 24.6 Å². The number of aliphatic hydroxyl groups is 1. The summed E-state index contributed by atoms with van der Waals surface area (Å²) in [5.74, 6) is 0.123. The summed E-state index contributed by atoms with van der Waals surface area (Å²) in [7, 11) is 1.40. The van der Waals surface area contributed by atoms with Gasteiger partial charge in [0.2, 0.25) is 0 Å². The van der Waals surface area contributed by atoms with Crippen LogP contribution in [0.1, 0.15) is 44.6 Å². The summed E-state index contributed by atoms with van der Waals surface area (Å²) >= 11 is 7.02. The van der Waals surface area contributed by atoms with Crippen LogP contribution in [0, 0.1) is 11.7 Å². The Bertz CT molecular complexity index is 1350. The second kappa shape index (κ2) is 15.9. The highest BCUT2D eigenvalue weighted by molar-refractivity contribution is 6.26. The van der Waals surface area contributed by atoms with Crippen LogP contribution in [0.5, 0.6) is 17.2 Å². The van der Waals surface area contributed by atoms with E-state index in [1.165, 1.54) is 50.7 Å². The van der Waals surface area contributed by atoms with Gasteiger partial charge in [0.25, 0.3) is 0 Å². The molecule has 8 heteroatoms. The second-order valence-electron chi connectivity index (χ2n) is 10.7. The number of hydrogen-bond acceptors (Lipinski definition) is 5. The Labute approximate surface area is 258 Å². The molecule has 3 unspecified atom stereocenters. The third-order valence-corrected chi connectivity index (χ3v) is 8.08. The quantitative estimate of drug-likeness (QED) is 0.225. The maximum atomic E-state index is 15.2. The molecule has 43 heavy (non-hydrogen) atoms. The lowest BCUT2D eigenvalue weighted by Gasteiger charge is -2.36. The molecule has 2 aliphatic rings. The Morgan fingerprint density at radius 3 is 2.33 bits per heavy atom. The van der Waals surface area contributed by atoms with E-state index in [9.17, 15) is 9.50 Å². The van der Waals surface area contributed by atoms with Crippen LogP contribution in [0.25, 0.3) is 0 Å². The van der Waals surface area contributed by atoms with Crippen LogP contribution < -0.4 is 14.8 Å². The minimum absolute atomic E-state index is 0.0576. The zero-order chi connectivity index (χ0) is 30.7. The number of rotatable bonds is 10. The number of piperidine rings is 1. The molecule has 230 valence electrons. The summed E-state index contributed by atoms with van der Waals surface area (Å²) < 4.78 is 47.1. The first kappa shape index (κ1) is 32.5. The lowest BCUT2D eigenvalue weighted by atomic mass is 9.86. The normalized spacial score (nSPS) is 22.3.